The molecule has 4 heteroatoms. The quantitative estimate of drug-likeness (QED) is 0.807. The summed E-state index contributed by atoms with van der Waals surface area (Å²) in [5, 5.41) is 18.4. The van der Waals surface area contributed by atoms with Gasteiger partial charge in [-0.1, -0.05) is 24.3 Å². The molecule has 2 rings (SSSR count). The molecule has 0 radical (unpaired) electrons. The Morgan fingerprint density at radius 2 is 2.25 bits per heavy atom. The van der Waals surface area contributed by atoms with Crippen molar-refractivity contribution in [1.29, 1.82) is 0 Å². The number of carboxylic acids is 1. The lowest BCUT2D eigenvalue weighted by Crippen LogP contribution is -2.24. The van der Waals surface area contributed by atoms with Gasteiger partial charge in [-0.15, -0.1) is 0 Å². The predicted molar refractivity (Wildman–Crippen MR) is 78.2 cm³/mol. The van der Waals surface area contributed by atoms with Crippen LogP contribution >= 0.6 is 0 Å². The summed E-state index contributed by atoms with van der Waals surface area (Å²) < 4.78 is 0. The summed E-state index contributed by atoms with van der Waals surface area (Å²) in [5.74, 6) is -0.591. The van der Waals surface area contributed by atoms with E-state index in [1.165, 1.54) is 6.08 Å². The molecule has 0 aromatic heterocycles. The second kappa shape index (κ2) is 6.68. The molecule has 0 amide bonds. The number of hydrogen-bond donors (Lipinski definition) is 2. The lowest BCUT2D eigenvalue weighted by Gasteiger charge is -2.18. The number of benzene rings is 1. The van der Waals surface area contributed by atoms with Gasteiger partial charge >= 0.3 is 5.97 Å². The third kappa shape index (κ3) is 3.92. The SMILES string of the molecule is CC(O)C1CCN(Cc2ccccc2/C=C/C(=O)O)C1. The van der Waals surface area contributed by atoms with Crippen LogP contribution in [0, 0.1) is 5.92 Å². The Hall–Kier alpha value is -1.65. The van der Waals surface area contributed by atoms with Crippen molar-refractivity contribution < 1.29 is 15.0 Å². The molecule has 1 aromatic rings. The number of carboxylic acid groups (broad SMARTS) is 1. The highest BCUT2D eigenvalue weighted by molar-refractivity contribution is 5.85. The largest absolute Gasteiger partial charge is 0.478 e. The van der Waals surface area contributed by atoms with Crippen molar-refractivity contribution in [3.63, 3.8) is 0 Å². The Bertz CT molecular complexity index is 496. The van der Waals surface area contributed by atoms with E-state index in [1.54, 1.807) is 6.08 Å². The Kier molecular flexibility index (Phi) is 4.93. The highest BCUT2D eigenvalue weighted by Crippen LogP contribution is 2.23. The molecule has 0 saturated carbocycles. The van der Waals surface area contributed by atoms with Crippen molar-refractivity contribution in [2.75, 3.05) is 13.1 Å². The van der Waals surface area contributed by atoms with E-state index in [9.17, 15) is 9.90 Å². The van der Waals surface area contributed by atoms with E-state index in [0.717, 1.165) is 37.2 Å². The Morgan fingerprint density at radius 3 is 2.90 bits per heavy atom. The van der Waals surface area contributed by atoms with Crippen LogP contribution in [0.4, 0.5) is 0 Å². The topological polar surface area (TPSA) is 60.8 Å². The lowest BCUT2D eigenvalue weighted by atomic mass is 10.0. The molecule has 1 saturated heterocycles. The fourth-order valence-electron chi connectivity index (χ4n) is 2.64. The van der Waals surface area contributed by atoms with Gasteiger partial charge in [0.2, 0.25) is 0 Å². The molecular formula is C16H21NO3. The van der Waals surface area contributed by atoms with Gasteiger partial charge in [-0.2, -0.15) is 0 Å². The Morgan fingerprint density at radius 1 is 1.50 bits per heavy atom. The second-order valence-corrected chi connectivity index (χ2v) is 5.39. The predicted octanol–water partition coefficient (Wildman–Crippen LogP) is 1.99. The maximum absolute atomic E-state index is 10.6. The first-order chi connectivity index (χ1) is 9.56. The fraction of sp³-hybridized carbons (Fsp3) is 0.438. The first-order valence-electron chi connectivity index (χ1n) is 6.95. The molecule has 0 aliphatic carbocycles. The molecule has 108 valence electrons. The fourth-order valence-corrected chi connectivity index (χ4v) is 2.64. The minimum absolute atomic E-state index is 0.262. The van der Waals surface area contributed by atoms with Crippen molar-refractivity contribution in [3.05, 3.63) is 41.5 Å². The summed E-state index contributed by atoms with van der Waals surface area (Å²) >= 11 is 0. The number of hydrogen-bond acceptors (Lipinski definition) is 3. The van der Waals surface area contributed by atoms with Crippen LogP contribution in [0.1, 0.15) is 24.5 Å². The van der Waals surface area contributed by atoms with Crippen molar-refractivity contribution in [3.8, 4) is 0 Å². The van der Waals surface area contributed by atoms with Gasteiger partial charge in [0.15, 0.2) is 0 Å². The molecule has 2 N–H and O–H groups in total. The van der Waals surface area contributed by atoms with Gasteiger partial charge in [0.05, 0.1) is 6.10 Å². The number of aliphatic hydroxyl groups is 1. The van der Waals surface area contributed by atoms with E-state index < -0.39 is 5.97 Å². The zero-order chi connectivity index (χ0) is 14.5. The monoisotopic (exact) mass is 275 g/mol. The molecule has 0 spiro atoms. The van der Waals surface area contributed by atoms with Gasteiger partial charge in [-0.3, -0.25) is 4.90 Å². The van der Waals surface area contributed by atoms with Gasteiger partial charge in [0, 0.05) is 19.2 Å². The first-order valence-corrected chi connectivity index (χ1v) is 6.95. The van der Waals surface area contributed by atoms with Crippen molar-refractivity contribution in [2.45, 2.75) is 26.0 Å². The van der Waals surface area contributed by atoms with Gasteiger partial charge in [-0.05, 0) is 43.0 Å². The molecule has 1 aromatic carbocycles. The molecule has 1 aliphatic rings. The van der Waals surface area contributed by atoms with Gasteiger partial charge in [-0.25, -0.2) is 4.79 Å². The Balaban J connectivity index is 2.05. The minimum atomic E-state index is -0.935. The molecule has 20 heavy (non-hydrogen) atoms. The van der Waals surface area contributed by atoms with E-state index >= 15 is 0 Å². The van der Waals surface area contributed by atoms with Crippen LogP contribution in [-0.4, -0.2) is 40.3 Å². The van der Waals surface area contributed by atoms with E-state index in [-0.39, 0.29) is 6.10 Å². The highest BCUT2D eigenvalue weighted by Gasteiger charge is 2.25. The van der Waals surface area contributed by atoms with Crippen molar-refractivity contribution in [1.82, 2.24) is 4.90 Å². The summed E-state index contributed by atoms with van der Waals surface area (Å²) in [4.78, 5) is 12.9. The van der Waals surface area contributed by atoms with E-state index in [0.29, 0.717) is 5.92 Å². The zero-order valence-electron chi connectivity index (χ0n) is 11.7. The lowest BCUT2D eigenvalue weighted by molar-refractivity contribution is -0.131. The number of likely N-dealkylation sites (tertiary alicyclic amines) is 1. The van der Waals surface area contributed by atoms with Crippen LogP contribution in [0.15, 0.2) is 30.3 Å². The smallest absolute Gasteiger partial charge is 0.328 e. The second-order valence-electron chi connectivity index (χ2n) is 5.39. The summed E-state index contributed by atoms with van der Waals surface area (Å²) in [6.45, 7) is 4.52. The average Bonchev–Trinajstić information content (AvgIpc) is 2.86. The van der Waals surface area contributed by atoms with Crippen LogP contribution < -0.4 is 0 Å². The van der Waals surface area contributed by atoms with Gasteiger partial charge in [0.1, 0.15) is 0 Å². The molecular weight excluding hydrogens is 254 g/mol. The van der Waals surface area contributed by atoms with Gasteiger partial charge in [0.25, 0.3) is 0 Å². The Labute approximate surface area is 119 Å². The highest BCUT2D eigenvalue weighted by atomic mass is 16.4. The molecule has 0 bridgehead atoms. The van der Waals surface area contributed by atoms with E-state index in [1.807, 2.05) is 31.2 Å². The van der Waals surface area contributed by atoms with Crippen LogP contribution in [0.2, 0.25) is 0 Å². The average molecular weight is 275 g/mol. The van der Waals surface area contributed by atoms with Crippen LogP contribution in [0.25, 0.3) is 6.08 Å². The van der Waals surface area contributed by atoms with E-state index in [2.05, 4.69) is 4.90 Å². The zero-order valence-corrected chi connectivity index (χ0v) is 11.7. The third-order valence-electron chi connectivity index (χ3n) is 3.85. The van der Waals surface area contributed by atoms with Crippen LogP contribution in [-0.2, 0) is 11.3 Å². The van der Waals surface area contributed by atoms with Gasteiger partial charge < -0.3 is 10.2 Å². The molecule has 2 atom stereocenters. The number of aliphatic carboxylic acids is 1. The normalized spacial score (nSPS) is 21.4. The number of rotatable bonds is 5. The molecule has 1 aliphatic heterocycles. The maximum atomic E-state index is 10.6. The third-order valence-corrected chi connectivity index (χ3v) is 3.85. The standard InChI is InChI=1S/C16H21NO3/c1-12(18)14-8-9-17(10-14)11-15-5-3-2-4-13(15)6-7-16(19)20/h2-7,12,14,18H,8-11H2,1H3,(H,19,20)/b7-6+. The summed E-state index contributed by atoms with van der Waals surface area (Å²) in [5.41, 5.74) is 2.06. The minimum Gasteiger partial charge on any atom is -0.478 e. The summed E-state index contributed by atoms with van der Waals surface area (Å²) in [7, 11) is 0. The number of nitrogens with zero attached hydrogens (tertiary/aromatic N) is 1. The van der Waals surface area contributed by atoms with Crippen molar-refractivity contribution >= 4 is 12.0 Å². The number of carbonyl (C=O) groups is 1. The van der Waals surface area contributed by atoms with Crippen LogP contribution in [0.3, 0.4) is 0 Å². The number of aliphatic hydroxyl groups excluding tert-OH is 1. The van der Waals surface area contributed by atoms with E-state index in [4.69, 9.17) is 5.11 Å². The molecule has 2 unspecified atom stereocenters. The van der Waals surface area contributed by atoms with Crippen LogP contribution in [0.5, 0.6) is 0 Å². The first kappa shape index (κ1) is 14.8. The summed E-state index contributed by atoms with van der Waals surface area (Å²) in [6.07, 6.45) is 3.56. The summed E-state index contributed by atoms with van der Waals surface area (Å²) in [6, 6.07) is 7.83. The maximum Gasteiger partial charge on any atom is 0.328 e. The van der Waals surface area contributed by atoms with Crippen molar-refractivity contribution in [2.24, 2.45) is 5.92 Å². The molecule has 1 fully saturated rings. The molecule has 4 nitrogen and oxygen atoms in total. The molecule has 1 heterocycles.